The minimum atomic E-state index is -0.448. The molecule has 0 bridgehead atoms. The number of pyridine rings is 1. The van der Waals surface area contributed by atoms with Crippen LogP contribution in [-0.4, -0.2) is 72.7 Å². The number of phenols is 1. The Labute approximate surface area is 209 Å². The number of aromatic nitrogens is 3. The lowest BCUT2D eigenvalue weighted by Gasteiger charge is -2.29. The minimum Gasteiger partial charge on any atom is -0.508 e. The molecule has 1 aromatic carbocycles. The molecule has 4 heterocycles. The molecule has 2 N–H and O–H groups in total. The van der Waals surface area contributed by atoms with Gasteiger partial charge in [0.25, 0.3) is 0 Å². The normalized spacial score (nSPS) is 16.0. The maximum atomic E-state index is 14.4. The van der Waals surface area contributed by atoms with E-state index in [1.54, 1.807) is 23.3 Å². The first-order chi connectivity index (χ1) is 17.5. The van der Waals surface area contributed by atoms with Crippen LogP contribution in [0.25, 0.3) is 0 Å². The smallest absolute Gasteiger partial charge is 0.248 e. The molecule has 3 aromatic rings. The zero-order valence-electron chi connectivity index (χ0n) is 20.4. The molecule has 0 aliphatic carbocycles. The maximum Gasteiger partial charge on any atom is 0.248 e. The Kier molecular flexibility index (Phi) is 6.81. The van der Waals surface area contributed by atoms with Crippen molar-refractivity contribution in [2.45, 2.75) is 12.8 Å². The van der Waals surface area contributed by atoms with E-state index in [1.807, 2.05) is 42.1 Å². The van der Waals surface area contributed by atoms with Crippen LogP contribution in [-0.2, 0) is 4.74 Å². The first-order valence-electron chi connectivity index (χ1n) is 11.9. The fourth-order valence-corrected chi connectivity index (χ4v) is 4.17. The number of rotatable bonds is 6. The van der Waals surface area contributed by atoms with Crippen molar-refractivity contribution in [2.75, 3.05) is 67.1 Å². The number of nitrogens with one attached hydrogen (secondary N) is 1. The van der Waals surface area contributed by atoms with Gasteiger partial charge in [0.15, 0.2) is 11.6 Å². The third-order valence-corrected chi connectivity index (χ3v) is 6.05. The standard InChI is InChI=1S/C25H29FN8O2/c1-32(2)19-12-18(13-20(35)14-19)29-17-5-6-22(27-15-17)23-4-3-7-34(31-23)25-28-16-21(26)24(30-25)33-8-10-36-11-9-33/h5-6,12-16,29,35H,3-4,7-11H2,1-2H3. The van der Waals surface area contributed by atoms with E-state index < -0.39 is 5.82 Å². The number of halogens is 1. The van der Waals surface area contributed by atoms with Crippen LogP contribution >= 0.6 is 0 Å². The Morgan fingerprint density at radius 2 is 1.86 bits per heavy atom. The second-order valence-electron chi connectivity index (χ2n) is 8.90. The van der Waals surface area contributed by atoms with Crippen molar-refractivity contribution in [3.63, 3.8) is 0 Å². The summed E-state index contributed by atoms with van der Waals surface area (Å²) in [5, 5.41) is 19.7. The predicted octanol–water partition coefficient (Wildman–Crippen LogP) is 3.37. The Morgan fingerprint density at radius 3 is 2.61 bits per heavy atom. The average molecular weight is 493 g/mol. The molecule has 5 rings (SSSR count). The lowest BCUT2D eigenvalue weighted by atomic mass is 10.1. The number of hydrogen-bond acceptors (Lipinski definition) is 10. The van der Waals surface area contributed by atoms with Gasteiger partial charge in [0.05, 0.1) is 42.7 Å². The highest BCUT2D eigenvalue weighted by atomic mass is 19.1. The number of anilines is 5. The third kappa shape index (κ3) is 5.30. The van der Waals surface area contributed by atoms with E-state index in [0.717, 1.165) is 41.3 Å². The number of hydrogen-bond donors (Lipinski definition) is 2. The molecule has 2 aromatic heterocycles. The molecular formula is C25H29FN8O2. The molecule has 1 fully saturated rings. The molecule has 1 saturated heterocycles. The Morgan fingerprint density at radius 1 is 1.03 bits per heavy atom. The summed E-state index contributed by atoms with van der Waals surface area (Å²) in [5.74, 6) is 0.387. The Hall–Kier alpha value is -3.99. The molecule has 0 atom stereocenters. The van der Waals surface area contributed by atoms with E-state index in [4.69, 9.17) is 9.84 Å². The molecule has 0 amide bonds. The summed E-state index contributed by atoms with van der Waals surface area (Å²) >= 11 is 0. The van der Waals surface area contributed by atoms with E-state index in [-0.39, 0.29) is 11.6 Å². The van der Waals surface area contributed by atoms with Crippen molar-refractivity contribution < 1.29 is 14.2 Å². The number of ether oxygens (including phenoxy) is 1. The largest absolute Gasteiger partial charge is 0.508 e. The van der Waals surface area contributed by atoms with Crippen LogP contribution in [0.5, 0.6) is 5.75 Å². The number of aromatic hydroxyl groups is 1. The summed E-state index contributed by atoms with van der Waals surface area (Å²) in [6.45, 7) is 2.91. The van der Waals surface area contributed by atoms with Gasteiger partial charge in [-0.3, -0.25) is 4.98 Å². The molecule has 0 unspecified atom stereocenters. The fraction of sp³-hybridized carbons (Fsp3) is 0.360. The maximum absolute atomic E-state index is 14.4. The summed E-state index contributed by atoms with van der Waals surface area (Å²) in [6, 6.07) is 9.15. The van der Waals surface area contributed by atoms with Gasteiger partial charge in [-0.25, -0.2) is 14.4 Å². The average Bonchev–Trinajstić information content (AvgIpc) is 2.89. The van der Waals surface area contributed by atoms with Crippen LogP contribution < -0.4 is 20.1 Å². The van der Waals surface area contributed by atoms with Crippen LogP contribution in [0.2, 0.25) is 0 Å². The second kappa shape index (κ2) is 10.3. The first kappa shape index (κ1) is 23.7. The number of nitrogens with zero attached hydrogens (tertiary/aromatic N) is 7. The zero-order valence-corrected chi connectivity index (χ0v) is 20.4. The molecule has 11 heteroatoms. The minimum absolute atomic E-state index is 0.185. The third-order valence-electron chi connectivity index (χ3n) is 6.05. The predicted molar refractivity (Wildman–Crippen MR) is 138 cm³/mol. The molecule has 0 spiro atoms. The van der Waals surface area contributed by atoms with Gasteiger partial charge in [-0.15, -0.1) is 0 Å². The lowest BCUT2D eigenvalue weighted by molar-refractivity contribution is 0.122. The second-order valence-corrected chi connectivity index (χ2v) is 8.90. The van der Waals surface area contributed by atoms with Crippen LogP contribution in [0.15, 0.2) is 47.8 Å². The molecule has 188 valence electrons. The van der Waals surface area contributed by atoms with Gasteiger partial charge in [-0.2, -0.15) is 10.1 Å². The first-order valence-corrected chi connectivity index (χ1v) is 11.9. The van der Waals surface area contributed by atoms with Crippen molar-refractivity contribution in [3.05, 3.63) is 54.2 Å². The van der Waals surface area contributed by atoms with E-state index in [9.17, 15) is 9.50 Å². The molecule has 10 nitrogen and oxygen atoms in total. The van der Waals surface area contributed by atoms with E-state index in [1.165, 1.54) is 6.20 Å². The van der Waals surface area contributed by atoms with Gasteiger partial charge in [-0.05, 0) is 31.0 Å². The summed E-state index contributed by atoms with van der Waals surface area (Å²) in [6.07, 6.45) is 4.57. The zero-order chi connectivity index (χ0) is 25.1. The van der Waals surface area contributed by atoms with Crippen LogP contribution in [0.3, 0.4) is 0 Å². The molecule has 2 aliphatic heterocycles. The number of morpholine rings is 1. The Balaban J connectivity index is 1.33. The summed E-state index contributed by atoms with van der Waals surface area (Å²) in [7, 11) is 3.84. The molecular weight excluding hydrogens is 463 g/mol. The topological polar surface area (TPSA) is 102 Å². The van der Waals surface area contributed by atoms with Crippen molar-refractivity contribution in [2.24, 2.45) is 5.10 Å². The van der Waals surface area contributed by atoms with Gasteiger partial charge in [0.2, 0.25) is 5.95 Å². The summed E-state index contributed by atoms with van der Waals surface area (Å²) in [4.78, 5) is 17.1. The van der Waals surface area contributed by atoms with Crippen molar-refractivity contribution >= 4 is 34.5 Å². The SMILES string of the molecule is CN(C)c1cc(O)cc(Nc2ccc(C3=NN(c4ncc(F)c(N5CCOCC5)n4)CCC3)nc2)c1. The number of benzene rings is 1. The summed E-state index contributed by atoms with van der Waals surface area (Å²) < 4.78 is 19.8. The molecule has 36 heavy (non-hydrogen) atoms. The summed E-state index contributed by atoms with van der Waals surface area (Å²) in [5.41, 5.74) is 4.02. The highest BCUT2D eigenvalue weighted by Crippen LogP contribution is 2.28. The quantitative estimate of drug-likeness (QED) is 0.536. The number of hydrazone groups is 1. The monoisotopic (exact) mass is 492 g/mol. The Bertz CT molecular complexity index is 1250. The van der Waals surface area contributed by atoms with Gasteiger partial charge in [0, 0.05) is 57.2 Å². The van der Waals surface area contributed by atoms with Crippen molar-refractivity contribution in [1.82, 2.24) is 15.0 Å². The van der Waals surface area contributed by atoms with E-state index >= 15 is 0 Å². The molecule has 0 radical (unpaired) electrons. The lowest BCUT2D eigenvalue weighted by Crippen LogP contribution is -2.38. The highest BCUT2D eigenvalue weighted by Gasteiger charge is 2.22. The highest BCUT2D eigenvalue weighted by molar-refractivity contribution is 6.00. The molecule has 0 saturated carbocycles. The van der Waals surface area contributed by atoms with Crippen LogP contribution in [0.4, 0.5) is 33.2 Å². The van der Waals surface area contributed by atoms with E-state index in [0.29, 0.717) is 38.8 Å². The van der Waals surface area contributed by atoms with E-state index in [2.05, 4.69) is 20.3 Å². The van der Waals surface area contributed by atoms with Crippen LogP contribution in [0, 0.1) is 5.82 Å². The van der Waals surface area contributed by atoms with Gasteiger partial charge in [-0.1, -0.05) is 0 Å². The van der Waals surface area contributed by atoms with Crippen molar-refractivity contribution in [1.29, 1.82) is 0 Å². The molecule has 2 aliphatic rings. The van der Waals surface area contributed by atoms with Gasteiger partial charge in [0.1, 0.15) is 5.75 Å². The van der Waals surface area contributed by atoms with Gasteiger partial charge >= 0.3 is 0 Å². The van der Waals surface area contributed by atoms with Crippen molar-refractivity contribution in [3.8, 4) is 5.75 Å². The number of phenolic OH excluding ortho intramolecular Hbond substituents is 1. The van der Waals surface area contributed by atoms with Gasteiger partial charge < -0.3 is 25.0 Å². The fourth-order valence-electron chi connectivity index (χ4n) is 4.17. The van der Waals surface area contributed by atoms with Crippen LogP contribution in [0.1, 0.15) is 18.5 Å².